The van der Waals surface area contributed by atoms with Gasteiger partial charge in [0, 0.05) is 5.41 Å². The molecule has 0 nitrogen and oxygen atoms in total. The summed E-state index contributed by atoms with van der Waals surface area (Å²) in [6.45, 7) is 4.86. The summed E-state index contributed by atoms with van der Waals surface area (Å²) in [4.78, 5) is 0. The number of fused-ring (bicyclic) bond motifs is 13. The Bertz CT molecular complexity index is 3410. The molecule has 0 heterocycles. The topological polar surface area (TPSA) is 0 Å². The van der Waals surface area contributed by atoms with Crippen molar-refractivity contribution in [3.63, 3.8) is 0 Å². The normalized spacial score (nSPS) is 13.2. The summed E-state index contributed by atoms with van der Waals surface area (Å²) in [5.41, 5.74) is 13.0. The molecule has 0 fully saturated rings. The largest absolute Gasteiger partial charge is 0.0616 e. The molecule has 0 bridgehead atoms. The van der Waals surface area contributed by atoms with Gasteiger partial charge in [0.1, 0.15) is 0 Å². The summed E-state index contributed by atoms with van der Waals surface area (Å²) in [7, 11) is 0. The zero-order valence-electron chi connectivity index (χ0n) is 32.0. The van der Waals surface area contributed by atoms with Gasteiger partial charge in [-0.05, 0) is 126 Å². The van der Waals surface area contributed by atoms with E-state index in [0.29, 0.717) is 0 Å². The monoisotopic (exact) mass is 722 g/mol. The maximum atomic E-state index is 2.49. The van der Waals surface area contributed by atoms with Crippen LogP contribution in [0.4, 0.5) is 0 Å². The van der Waals surface area contributed by atoms with Crippen LogP contribution in [-0.2, 0) is 5.41 Å². The lowest BCUT2D eigenvalue weighted by Gasteiger charge is -2.25. The summed E-state index contributed by atoms with van der Waals surface area (Å²) < 4.78 is 0. The molecule has 0 aromatic heterocycles. The van der Waals surface area contributed by atoms with E-state index in [1.807, 2.05) is 0 Å². The Morgan fingerprint density at radius 1 is 0.263 bits per heavy atom. The van der Waals surface area contributed by atoms with Gasteiger partial charge in [-0.3, -0.25) is 0 Å². The number of benzene rings is 11. The molecule has 11 aromatic rings. The van der Waals surface area contributed by atoms with Gasteiger partial charge in [-0.1, -0.05) is 202 Å². The van der Waals surface area contributed by atoms with Crippen LogP contribution in [0.1, 0.15) is 25.0 Å². The van der Waals surface area contributed by atoms with Crippen LogP contribution in [-0.4, -0.2) is 0 Å². The van der Waals surface area contributed by atoms with E-state index in [4.69, 9.17) is 0 Å². The summed E-state index contributed by atoms with van der Waals surface area (Å²) >= 11 is 0. The summed E-state index contributed by atoms with van der Waals surface area (Å²) in [6.07, 6.45) is 0. The van der Waals surface area contributed by atoms with Crippen molar-refractivity contribution in [3.8, 4) is 44.5 Å². The molecule has 1 aliphatic rings. The summed E-state index contributed by atoms with van der Waals surface area (Å²) in [5.74, 6) is 0. The Hall–Kier alpha value is -7.02. The molecule has 0 spiro atoms. The highest BCUT2D eigenvalue weighted by Crippen LogP contribution is 2.57. The molecule has 0 atom stereocenters. The third kappa shape index (κ3) is 4.56. The van der Waals surface area contributed by atoms with Crippen molar-refractivity contribution in [2.45, 2.75) is 19.3 Å². The fraction of sp³-hybridized carbons (Fsp3) is 0.0526. The highest BCUT2D eigenvalue weighted by Gasteiger charge is 2.39. The zero-order valence-corrected chi connectivity index (χ0v) is 32.0. The highest BCUT2D eigenvalue weighted by atomic mass is 14.4. The van der Waals surface area contributed by atoms with E-state index in [2.05, 4.69) is 208 Å². The second kappa shape index (κ2) is 12.0. The van der Waals surface area contributed by atoms with Gasteiger partial charge in [0.2, 0.25) is 0 Å². The van der Waals surface area contributed by atoms with Gasteiger partial charge in [-0.2, -0.15) is 0 Å². The number of hydrogen-bond acceptors (Lipinski definition) is 0. The van der Waals surface area contributed by atoms with Gasteiger partial charge in [-0.25, -0.2) is 0 Å². The molecule has 57 heavy (non-hydrogen) atoms. The lowest BCUT2D eigenvalue weighted by atomic mass is 9.77. The van der Waals surface area contributed by atoms with Crippen LogP contribution in [0.3, 0.4) is 0 Å². The van der Waals surface area contributed by atoms with Crippen LogP contribution in [0.25, 0.3) is 109 Å². The molecule has 0 amide bonds. The van der Waals surface area contributed by atoms with Crippen molar-refractivity contribution in [1.29, 1.82) is 0 Å². The smallest absolute Gasteiger partial charge is 0.0171 e. The van der Waals surface area contributed by atoms with E-state index >= 15 is 0 Å². The van der Waals surface area contributed by atoms with Gasteiger partial charge in [0.25, 0.3) is 0 Å². The van der Waals surface area contributed by atoms with Crippen molar-refractivity contribution < 1.29 is 0 Å². The molecule has 266 valence electrons. The standard InChI is InChI=1S/C57H38/c1-57(2)55-42-18-6-4-15-36(42)30-33-50(55)54-44-20-8-7-19-43(44)51-34-39(31-32-49(51)56(54)57)53-47-23-11-9-21-45(47)52(46-22-10-12-24-48(46)53)38-28-26-37(27-29-38)41-25-13-16-35-14-3-5-17-40(35)41/h3-34H,1-2H3. The second-order valence-corrected chi connectivity index (χ2v) is 16.3. The fourth-order valence-corrected chi connectivity index (χ4v) is 10.6. The Balaban J connectivity index is 1.09. The van der Waals surface area contributed by atoms with E-state index in [-0.39, 0.29) is 5.41 Å². The first-order valence-corrected chi connectivity index (χ1v) is 20.1. The highest BCUT2D eigenvalue weighted by molar-refractivity contribution is 6.24. The van der Waals surface area contributed by atoms with E-state index in [9.17, 15) is 0 Å². The number of rotatable bonds is 3. The summed E-state index contributed by atoms with van der Waals surface area (Å²) in [6, 6.07) is 72.5. The molecule has 12 rings (SSSR count). The van der Waals surface area contributed by atoms with Crippen molar-refractivity contribution in [2.24, 2.45) is 0 Å². The van der Waals surface area contributed by atoms with Crippen LogP contribution in [0, 0.1) is 0 Å². The third-order valence-electron chi connectivity index (χ3n) is 13.0. The lowest BCUT2D eigenvalue weighted by molar-refractivity contribution is 0.672. The Labute approximate surface area is 332 Å². The van der Waals surface area contributed by atoms with Crippen LogP contribution in [0.15, 0.2) is 194 Å². The first-order valence-electron chi connectivity index (χ1n) is 20.1. The quantitative estimate of drug-likeness (QED) is 0.126. The Morgan fingerprint density at radius 3 is 1.39 bits per heavy atom. The van der Waals surface area contributed by atoms with Gasteiger partial charge in [0.05, 0.1) is 0 Å². The van der Waals surface area contributed by atoms with Gasteiger partial charge >= 0.3 is 0 Å². The maximum Gasteiger partial charge on any atom is 0.0171 e. The fourth-order valence-electron chi connectivity index (χ4n) is 10.6. The van der Waals surface area contributed by atoms with Gasteiger partial charge in [0.15, 0.2) is 0 Å². The summed E-state index contributed by atoms with van der Waals surface area (Å²) in [5, 5.41) is 15.6. The maximum absolute atomic E-state index is 2.49. The predicted molar refractivity (Wildman–Crippen MR) is 245 cm³/mol. The molecule has 0 heteroatoms. The van der Waals surface area contributed by atoms with Crippen molar-refractivity contribution in [3.05, 3.63) is 205 Å². The predicted octanol–water partition coefficient (Wildman–Crippen LogP) is 15.9. The van der Waals surface area contributed by atoms with Crippen LogP contribution >= 0.6 is 0 Å². The molecule has 0 saturated carbocycles. The molecule has 0 aliphatic heterocycles. The van der Waals surface area contributed by atoms with E-state index in [1.165, 1.54) is 120 Å². The van der Waals surface area contributed by atoms with Crippen LogP contribution < -0.4 is 0 Å². The van der Waals surface area contributed by atoms with Crippen molar-refractivity contribution in [2.75, 3.05) is 0 Å². The Kier molecular flexibility index (Phi) is 6.78. The minimum Gasteiger partial charge on any atom is -0.0616 e. The average molecular weight is 723 g/mol. The van der Waals surface area contributed by atoms with Crippen molar-refractivity contribution in [1.82, 2.24) is 0 Å². The first kappa shape index (κ1) is 32.2. The molecular weight excluding hydrogens is 685 g/mol. The minimum absolute atomic E-state index is 0.167. The zero-order chi connectivity index (χ0) is 37.8. The molecule has 0 unspecified atom stereocenters. The first-order chi connectivity index (χ1) is 28.1. The third-order valence-corrected chi connectivity index (χ3v) is 13.0. The Morgan fingerprint density at radius 2 is 0.737 bits per heavy atom. The van der Waals surface area contributed by atoms with Gasteiger partial charge < -0.3 is 0 Å². The van der Waals surface area contributed by atoms with E-state index < -0.39 is 0 Å². The van der Waals surface area contributed by atoms with Crippen molar-refractivity contribution >= 4 is 64.6 Å². The molecule has 1 aliphatic carbocycles. The van der Waals surface area contributed by atoms with Crippen LogP contribution in [0.2, 0.25) is 0 Å². The minimum atomic E-state index is -0.167. The van der Waals surface area contributed by atoms with Crippen LogP contribution in [0.5, 0.6) is 0 Å². The second-order valence-electron chi connectivity index (χ2n) is 16.3. The van der Waals surface area contributed by atoms with E-state index in [1.54, 1.807) is 0 Å². The number of hydrogen-bond donors (Lipinski definition) is 0. The molecule has 0 radical (unpaired) electrons. The molecule has 0 N–H and O–H groups in total. The molecular formula is C57H38. The lowest BCUT2D eigenvalue weighted by Crippen LogP contribution is -2.16. The average Bonchev–Trinajstić information content (AvgIpc) is 3.52. The molecule has 11 aromatic carbocycles. The SMILES string of the molecule is CC1(C)c2c(ccc3ccccc23)-c2c1c1ccc(-c3c4ccccc4c(-c4ccc(-c5cccc6ccccc56)cc4)c4ccccc34)cc1c1ccccc21. The van der Waals surface area contributed by atoms with Gasteiger partial charge in [-0.15, -0.1) is 0 Å². The molecule has 0 saturated heterocycles. The van der Waals surface area contributed by atoms with E-state index in [0.717, 1.165) is 0 Å².